The Morgan fingerprint density at radius 3 is 2.74 bits per heavy atom. The molecule has 4 N–H and O–H groups in total. The Bertz CT molecular complexity index is 1370. The number of fused-ring (bicyclic) bond motifs is 1. The summed E-state index contributed by atoms with van der Waals surface area (Å²) in [5, 5.41) is 23.5. The van der Waals surface area contributed by atoms with Crippen molar-refractivity contribution >= 4 is 34.4 Å². The number of ether oxygens (including phenoxy) is 1. The van der Waals surface area contributed by atoms with Crippen molar-refractivity contribution in [2.45, 2.75) is 13.0 Å². The first kappa shape index (κ1) is 22.7. The van der Waals surface area contributed by atoms with Crippen LogP contribution in [0.5, 0.6) is 11.5 Å². The molecule has 11 nitrogen and oxygen atoms in total. The summed E-state index contributed by atoms with van der Waals surface area (Å²) in [6.45, 7) is 1.14. The Balaban J connectivity index is 1.51. The van der Waals surface area contributed by atoms with E-state index >= 15 is 0 Å². The quantitative estimate of drug-likeness (QED) is 0.309. The number of carbonyl (C=O) groups excluding carboxylic acids is 1. The second kappa shape index (κ2) is 9.55. The fourth-order valence-corrected chi connectivity index (χ4v) is 3.30. The molecule has 2 aromatic carbocycles. The number of aliphatic hydroxyl groups excluding tert-OH is 1. The maximum Gasteiger partial charge on any atom is 0.328 e. The van der Waals surface area contributed by atoms with Gasteiger partial charge in [0, 0.05) is 25.0 Å². The normalized spacial score (nSPS) is 11.7. The molecule has 1 amide bonds. The zero-order chi connectivity index (χ0) is 24.2. The number of carbonyl (C=O) groups is 2. The number of aromatic nitrogens is 4. The second-order valence-electron chi connectivity index (χ2n) is 7.55. The molecule has 0 saturated heterocycles. The van der Waals surface area contributed by atoms with E-state index in [9.17, 15) is 9.59 Å². The molecule has 0 saturated carbocycles. The van der Waals surface area contributed by atoms with Gasteiger partial charge in [-0.2, -0.15) is 0 Å². The van der Waals surface area contributed by atoms with Crippen LogP contribution in [0.2, 0.25) is 0 Å². The first-order valence-electron chi connectivity index (χ1n) is 10.3. The van der Waals surface area contributed by atoms with Crippen molar-refractivity contribution in [1.29, 1.82) is 0 Å². The van der Waals surface area contributed by atoms with E-state index in [1.165, 1.54) is 12.5 Å². The number of nitrogens with zero attached hydrogens (tertiary/aromatic N) is 4. The van der Waals surface area contributed by atoms with Crippen LogP contribution in [0.15, 0.2) is 55.2 Å². The van der Waals surface area contributed by atoms with E-state index in [0.717, 1.165) is 16.6 Å². The molecular weight excluding hydrogens is 440 g/mol. The molecule has 2 aromatic heterocycles. The molecule has 34 heavy (non-hydrogen) atoms. The zero-order valence-electron chi connectivity index (χ0n) is 18.4. The molecule has 4 rings (SSSR count). The minimum atomic E-state index is -1.44. The van der Waals surface area contributed by atoms with Gasteiger partial charge in [0.25, 0.3) is 5.91 Å². The molecule has 0 aliphatic carbocycles. The smallest absolute Gasteiger partial charge is 0.328 e. The van der Waals surface area contributed by atoms with Crippen molar-refractivity contribution in [1.82, 2.24) is 24.8 Å². The van der Waals surface area contributed by atoms with Crippen LogP contribution in [0, 0.1) is 6.92 Å². The van der Waals surface area contributed by atoms with E-state index in [-0.39, 0.29) is 11.4 Å². The van der Waals surface area contributed by atoms with Crippen LogP contribution in [-0.2, 0) is 11.8 Å². The summed E-state index contributed by atoms with van der Waals surface area (Å²) in [7, 11) is 1.93. The minimum Gasteiger partial charge on any atom is -0.480 e. The third kappa shape index (κ3) is 4.79. The van der Waals surface area contributed by atoms with Gasteiger partial charge in [0.2, 0.25) is 0 Å². The summed E-state index contributed by atoms with van der Waals surface area (Å²) in [5.74, 6) is -0.597. The summed E-state index contributed by atoms with van der Waals surface area (Å²) in [4.78, 5) is 35.9. The van der Waals surface area contributed by atoms with E-state index < -0.39 is 24.5 Å². The summed E-state index contributed by atoms with van der Waals surface area (Å²) >= 11 is 0. The predicted octanol–water partition coefficient (Wildman–Crippen LogP) is 2.38. The van der Waals surface area contributed by atoms with Gasteiger partial charge in [-0.15, -0.1) is 0 Å². The van der Waals surface area contributed by atoms with Gasteiger partial charge in [-0.1, -0.05) is 0 Å². The number of aliphatic carboxylic acids is 1. The molecule has 0 bridgehead atoms. The van der Waals surface area contributed by atoms with Gasteiger partial charge in [-0.3, -0.25) is 4.79 Å². The molecule has 11 heteroatoms. The van der Waals surface area contributed by atoms with Crippen molar-refractivity contribution in [2.24, 2.45) is 7.05 Å². The Kier molecular flexibility index (Phi) is 6.37. The highest BCUT2D eigenvalue weighted by atomic mass is 16.5. The number of rotatable bonds is 8. The van der Waals surface area contributed by atoms with E-state index in [1.54, 1.807) is 18.5 Å². The molecule has 0 aliphatic rings. The first-order chi connectivity index (χ1) is 16.4. The number of anilines is 2. The fourth-order valence-electron chi connectivity index (χ4n) is 3.30. The average molecular weight is 462 g/mol. The van der Waals surface area contributed by atoms with Gasteiger partial charge in [-0.05, 0) is 42.8 Å². The molecule has 1 atom stereocenters. The molecule has 0 spiro atoms. The summed E-state index contributed by atoms with van der Waals surface area (Å²) in [6, 6.07) is 9.61. The minimum absolute atomic E-state index is 0.0313. The number of hydrogen-bond donors (Lipinski definition) is 4. The summed E-state index contributed by atoms with van der Waals surface area (Å²) in [6.07, 6.45) is 4.27. The van der Waals surface area contributed by atoms with Crippen LogP contribution in [0.25, 0.3) is 11.0 Å². The lowest BCUT2D eigenvalue weighted by atomic mass is 10.2. The summed E-state index contributed by atoms with van der Waals surface area (Å²) in [5.41, 5.74) is 3.33. The third-order valence-electron chi connectivity index (χ3n) is 5.11. The standard InChI is InChI=1S/C23H22N6O5/c1-13-7-14(3-6-20(13)34-15-4-5-19-17(8-15)26-12-29(19)2)27-21-16(9-24-11-25-21)22(31)28-18(10-30)23(32)33/h3-9,11-12,18,30H,10H2,1-2H3,(H,28,31)(H,32,33)(H,24,25,27)/t18-/m0/s1. The molecule has 0 radical (unpaired) electrons. The van der Waals surface area contributed by atoms with Crippen molar-refractivity contribution in [3.8, 4) is 11.5 Å². The van der Waals surface area contributed by atoms with Crippen LogP contribution < -0.4 is 15.4 Å². The van der Waals surface area contributed by atoms with E-state index in [2.05, 4.69) is 25.6 Å². The van der Waals surface area contributed by atoms with Crippen molar-refractivity contribution in [2.75, 3.05) is 11.9 Å². The fraction of sp³-hybridized carbons (Fsp3) is 0.174. The van der Waals surface area contributed by atoms with Crippen LogP contribution >= 0.6 is 0 Å². The highest BCUT2D eigenvalue weighted by Crippen LogP contribution is 2.30. The van der Waals surface area contributed by atoms with Crippen LogP contribution in [0.4, 0.5) is 11.5 Å². The Morgan fingerprint density at radius 1 is 1.18 bits per heavy atom. The maximum absolute atomic E-state index is 12.5. The number of imidazole rings is 1. The number of aliphatic hydroxyl groups is 1. The van der Waals surface area contributed by atoms with Gasteiger partial charge < -0.3 is 30.2 Å². The SMILES string of the molecule is Cc1cc(Nc2ncncc2C(=O)N[C@@H](CO)C(=O)O)ccc1Oc1ccc2c(c1)ncn2C. The molecule has 0 aliphatic heterocycles. The lowest BCUT2D eigenvalue weighted by molar-refractivity contribution is -0.140. The van der Waals surface area contributed by atoms with E-state index in [4.69, 9.17) is 14.9 Å². The highest BCUT2D eigenvalue weighted by Gasteiger charge is 2.22. The first-order valence-corrected chi connectivity index (χ1v) is 10.3. The lowest BCUT2D eigenvalue weighted by Crippen LogP contribution is -2.43. The maximum atomic E-state index is 12.5. The number of aryl methyl sites for hydroxylation is 2. The second-order valence-corrected chi connectivity index (χ2v) is 7.55. The molecule has 174 valence electrons. The topological polar surface area (TPSA) is 151 Å². The van der Waals surface area contributed by atoms with Gasteiger partial charge in [0.15, 0.2) is 6.04 Å². The number of amides is 1. The number of carboxylic acid groups (broad SMARTS) is 1. The number of nitrogens with one attached hydrogen (secondary N) is 2. The monoisotopic (exact) mass is 462 g/mol. The zero-order valence-corrected chi connectivity index (χ0v) is 18.4. The molecule has 4 aromatic rings. The van der Waals surface area contributed by atoms with E-state index in [1.807, 2.05) is 42.8 Å². The van der Waals surface area contributed by atoms with Gasteiger partial charge in [0.05, 0.1) is 24.0 Å². The summed E-state index contributed by atoms with van der Waals surface area (Å²) < 4.78 is 7.95. The number of carboxylic acids is 1. The average Bonchev–Trinajstić information content (AvgIpc) is 3.19. The van der Waals surface area contributed by atoms with E-state index in [0.29, 0.717) is 17.2 Å². The van der Waals surface area contributed by atoms with Gasteiger partial charge in [0.1, 0.15) is 29.2 Å². The molecule has 0 fully saturated rings. The van der Waals surface area contributed by atoms with Gasteiger partial charge in [-0.25, -0.2) is 19.7 Å². The number of benzene rings is 2. The third-order valence-corrected chi connectivity index (χ3v) is 5.11. The van der Waals surface area contributed by atoms with Crippen LogP contribution in [0.1, 0.15) is 15.9 Å². The lowest BCUT2D eigenvalue weighted by Gasteiger charge is -2.15. The van der Waals surface area contributed by atoms with Crippen LogP contribution in [-0.4, -0.2) is 54.3 Å². The molecular formula is C23H22N6O5. The Morgan fingerprint density at radius 2 is 2.00 bits per heavy atom. The predicted molar refractivity (Wildman–Crippen MR) is 123 cm³/mol. The van der Waals surface area contributed by atoms with Crippen molar-refractivity contribution < 1.29 is 24.5 Å². The van der Waals surface area contributed by atoms with Crippen molar-refractivity contribution in [3.05, 3.63) is 66.4 Å². The number of hydrogen-bond acceptors (Lipinski definition) is 8. The van der Waals surface area contributed by atoms with Crippen molar-refractivity contribution in [3.63, 3.8) is 0 Å². The molecule has 2 heterocycles. The highest BCUT2D eigenvalue weighted by molar-refractivity contribution is 6.00. The molecule has 0 unspecified atom stereocenters. The van der Waals surface area contributed by atoms with Gasteiger partial charge >= 0.3 is 5.97 Å². The Hall–Kier alpha value is -4.51. The van der Waals surface area contributed by atoms with Crippen LogP contribution in [0.3, 0.4) is 0 Å². The Labute approximate surface area is 194 Å². The largest absolute Gasteiger partial charge is 0.480 e.